The van der Waals surface area contributed by atoms with Crippen LogP contribution in [-0.2, 0) is 9.59 Å². The van der Waals surface area contributed by atoms with E-state index in [1.54, 1.807) is 0 Å². The van der Waals surface area contributed by atoms with Gasteiger partial charge in [0.1, 0.15) is 0 Å². The Morgan fingerprint density at radius 2 is 1.86 bits per heavy atom. The molecule has 1 amide bonds. The van der Waals surface area contributed by atoms with Gasteiger partial charge in [0, 0.05) is 6.42 Å². The predicted octanol–water partition coefficient (Wildman–Crippen LogP) is 1.14. The first kappa shape index (κ1) is 11.0. The molecule has 1 atom stereocenters. The van der Waals surface area contributed by atoms with Crippen molar-refractivity contribution < 1.29 is 14.7 Å². The van der Waals surface area contributed by atoms with Crippen LogP contribution < -0.4 is 5.73 Å². The summed E-state index contributed by atoms with van der Waals surface area (Å²) in [5.74, 6) is -1.81. The number of primary amides is 1. The molecule has 14 heavy (non-hydrogen) atoms. The maximum absolute atomic E-state index is 10.9. The van der Waals surface area contributed by atoms with Crippen molar-refractivity contribution in [1.82, 2.24) is 0 Å². The van der Waals surface area contributed by atoms with Gasteiger partial charge in [0.15, 0.2) is 0 Å². The highest BCUT2D eigenvalue weighted by molar-refractivity contribution is 5.81. The van der Waals surface area contributed by atoms with Crippen molar-refractivity contribution in [2.45, 2.75) is 38.5 Å². The molecule has 80 valence electrons. The van der Waals surface area contributed by atoms with Crippen LogP contribution >= 0.6 is 0 Å². The fourth-order valence-electron chi connectivity index (χ4n) is 2.21. The fourth-order valence-corrected chi connectivity index (χ4v) is 2.21. The summed E-state index contributed by atoms with van der Waals surface area (Å²) in [6.07, 6.45) is 5.16. The van der Waals surface area contributed by atoms with Gasteiger partial charge in [-0.05, 0) is 18.8 Å². The largest absolute Gasteiger partial charge is 0.481 e. The highest BCUT2D eigenvalue weighted by Gasteiger charge is 2.30. The van der Waals surface area contributed by atoms with E-state index in [9.17, 15) is 9.59 Å². The van der Waals surface area contributed by atoms with Gasteiger partial charge in [0.2, 0.25) is 5.91 Å². The zero-order valence-corrected chi connectivity index (χ0v) is 8.24. The van der Waals surface area contributed by atoms with E-state index >= 15 is 0 Å². The Morgan fingerprint density at radius 3 is 2.29 bits per heavy atom. The fraction of sp³-hybridized carbons (Fsp3) is 0.800. The first-order chi connectivity index (χ1) is 6.61. The van der Waals surface area contributed by atoms with Crippen LogP contribution in [-0.4, -0.2) is 17.0 Å². The highest BCUT2D eigenvalue weighted by atomic mass is 16.4. The zero-order chi connectivity index (χ0) is 10.6. The SMILES string of the molecule is NC(=O)C[C@H](C(=O)O)C1CCCCC1. The number of carbonyl (C=O) groups is 2. The van der Waals surface area contributed by atoms with E-state index in [1.165, 1.54) is 6.42 Å². The molecule has 0 aliphatic heterocycles. The van der Waals surface area contributed by atoms with Crippen molar-refractivity contribution in [2.75, 3.05) is 0 Å². The average molecular weight is 199 g/mol. The van der Waals surface area contributed by atoms with Crippen LogP contribution in [0.3, 0.4) is 0 Å². The Labute approximate surface area is 83.5 Å². The second-order valence-electron chi connectivity index (χ2n) is 4.01. The molecule has 0 aromatic carbocycles. The van der Waals surface area contributed by atoms with Crippen molar-refractivity contribution in [3.8, 4) is 0 Å². The normalized spacial score (nSPS) is 20.3. The van der Waals surface area contributed by atoms with E-state index in [1.807, 2.05) is 0 Å². The summed E-state index contributed by atoms with van der Waals surface area (Å²) in [5, 5.41) is 8.97. The molecule has 0 aromatic rings. The summed E-state index contributed by atoms with van der Waals surface area (Å²) >= 11 is 0. The molecule has 0 unspecified atom stereocenters. The molecule has 4 nitrogen and oxygen atoms in total. The molecule has 0 aromatic heterocycles. The van der Waals surface area contributed by atoms with Gasteiger partial charge in [0.25, 0.3) is 0 Å². The van der Waals surface area contributed by atoms with Crippen LogP contribution in [0.1, 0.15) is 38.5 Å². The molecular weight excluding hydrogens is 182 g/mol. The highest BCUT2D eigenvalue weighted by Crippen LogP contribution is 2.31. The number of carbonyl (C=O) groups excluding carboxylic acids is 1. The van der Waals surface area contributed by atoms with E-state index < -0.39 is 17.8 Å². The molecule has 0 saturated heterocycles. The summed E-state index contributed by atoms with van der Waals surface area (Å²) in [6.45, 7) is 0. The van der Waals surface area contributed by atoms with Crippen LogP contribution in [0.4, 0.5) is 0 Å². The van der Waals surface area contributed by atoms with Gasteiger partial charge in [-0.25, -0.2) is 0 Å². The number of hydrogen-bond acceptors (Lipinski definition) is 2. The second-order valence-corrected chi connectivity index (χ2v) is 4.01. The topological polar surface area (TPSA) is 80.4 Å². The average Bonchev–Trinajstić information content (AvgIpc) is 2.15. The smallest absolute Gasteiger partial charge is 0.307 e. The Kier molecular flexibility index (Phi) is 3.92. The lowest BCUT2D eigenvalue weighted by Crippen LogP contribution is -2.30. The van der Waals surface area contributed by atoms with Crippen molar-refractivity contribution in [3.63, 3.8) is 0 Å². The summed E-state index contributed by atoms with van der Waals surface area (Å²) in [7, 11) is 0. The lowest BCUT2D eigenvalue weighted by Gasteiger charge is -2.26. The van der Waals surface area contributed by atoms with Gasteiger partial charge in [-0.1, -0.05) is 19.3 Å². The van der Waals surface area contributed by atoms with Gasteiger partial charge in [0.05, 0.1) is 5.92 Å². The molecule has 1 fully saturated rings. The van der Waals surface area contributed by atoms with Crippen LogP contribution in [0.2, 0.25) is 0 Å². The first-order valence-corrected chi connectivity index (χ1v) is 5.12. The molecule has 1 aliphatic carbocycles. The third-order valence-electron chi connectivity index (χ3n) is 2.96. The molecule has 1 saturated carbocycles. The molecule has 4 heteroatoms. The van der Waals surface area contributed by atoms with Crippen molar-refractivity contribution >= 4 is 11.9 Å². The quantitative estimate of drug-likeness (QED) is 0.712. The van der Waals surface area contributed by atoms with E-state index in [0.29, 0.717) is 0 Å². The summed E-state index contributed by atoms with van der Waals surface area (Å²) in [4.78, 5) is 21.6. The first-order valence-electron chi connectivity index (χ1n) is 5.12. The van der Waals surface area contributed by atoms with Gasteiger partial charge in [-0.2, -0.15) is 0 Å². The van der Waals surface area contributed by atoms with Crippen LogP contribution in [0.25, 0.3) is 0 Å². The third-order valence-corrected chi connectivity index (χ3v) is 2.96. The Balaban J connectivity index is 2.56. The number of rotatable bonds is 4. The third kappa shape index (κ3) is 3.01. The van der Waals surface area contributed by atoms with Crippen molar-refractivity contribution in [1.29, 1.82) is 0 Å². The summed E-state index contributed by atoms with van der Waals surface area (Å²) in [6, 6.07) is 0. The molecular formula is C10H17NO3. The monoisotopic (exact) mass is 199 g/mol. The minimum absolute atomic E-state index is 0.0139. The van der Waals surface area contributed by atoms with Gasteiger partial charge in [-0.15, -0.1) is 0 Å². The van der Waals surface area contributed by atoms with E-state index in [-0.39, 0.29) is 12.3 Å². The molecule has 0 bridgehead atoms. The van der Waals surface area contributed by atoms with Gasteiger partial charge < -0.3 is 10.8 Å². The molecule has 1 aliphatic rings. The van der Waals surface area contributed by atoms with Crippen molar-refractivity contribution in [3.05, 3.63) is 0 Å². The molecule has 0 radical (unpaired) electrons. The maximum atomic E-state index is 10.9. The predicted molar refractivity (Wildman–Crippen MR) is 51.5 cm³/mol. The number of aliphatic carboxylic acids is 1. The summed E-state index contributed by atoms with van der Waals surface area (Å²) < 4.78 is 0. The molecule has 3 N–H and O–H groups in total. The minimum Gasteiger partial charge on any atom is -0.481 e. The zero-order valence-electron chi connectivity index (χ0n) is 8.24. The number of carboxylic acid groups (broad SMARTS) is 1. The van der Waals surface area contributed by atoms with Crippen LogP contribution in [0, 0.1) is 11.8 Å². The Morgan fingerprint density at radius 1 is 1.29 bits per heavy atom. The number of carboxylic acids is 1. The van der Waals surface area contributed by atoms with E-state index in [4.69, 9.17) is 10.8 Å². The molecule has 1 rings (SSSR count). The maximum Gasteiger partial charge on any atom is 0.307 e. The molecule has 0 spiro atoms. The standard InChI is InChI=1S/C10H17NO3/c11-9(12)6-8(10(13)14)7-4-2-1-3-5-7/h7-8H,1-6H2,(H2,11,12)(H,13,14)/t8-/m0/s1. The lowest BCUT2D eigenvalue weighted by atomic mass is 9.78. The lowest BCUT2D eigenvalue weighted by molar-refractivity contribution is -0.146. The van der Waals surface area contributed by atoms with E-state index in [0.717, 1.165) is 25.7 Å². The Hall–Kier alpha value is -1.06. The van der Waals surface area contributed by atoms with E-state index in [2.05, 4.69) is 0 Å². The minimum atomic E-state index is -0.879. The number of nitrogens with two attached hydrogens (primary N) is 1. The Bertz CT molecular complexity index is 221. The molecule has 0 heterocycles. The summed E-state index contributed by atoms with van der Waals surface area (Å²) in [5.41, 5.74) is 5.04. The van der Waals surface area contributed by atoms with Crippen molar-refractivity contribution in [2.24, 2.45) is 17.6 Å². The number of amides is 1. The van der Waals surface area contributed by atoms with Crippen LogP contribution in [0.5, 0.6) is 0 Å². The number of hydrogen-bond donors (Lipinski definition) is 2. The van der Waals surface area contributed by atoms with Crippen LogP contribution in [0.15, 0.2) is 0 Å². The van der Waals surface area contributed by atoms with Gasteiger partial charge >= 0.3 is 5.97 Å². The van der Waals surface area contributed by atoms with Gasteiger partial charge in [-0.3, -0.25) is 9.59 Å². The second kappa shape index (κ2) is 4.98.